The Kier molecular flexibility index (Phi) is 3.11. The van der Waals surface area contributed by atoms with E-state index in [1.54, 1.807) is 0 Å². The molecule has 0 atom stereocenters. The zero-order valence-corrected chi connectivity index (χ0v) is 7.70. The zero-order valence-electron chi connectivity index (χ0n) is 6.95. The van der Waals surface area contributed by atoms with Crippen LogP contribution in [0.1, 0.15) is 17.7 Å². The summed E-state index contributed by atoms with van der Waals surface area (Å²) in [5.74, 6) is 0. The number of alkyl halides is 2. The highest BCUT2D eigenvalue weighted by molar-refractivity contribution is 6.32. The molecule has 78 valence electrons. The molecule has 0 aromatic carbocycles. The van der Waals surface area contributed by atoms with Gasteiger partial charge in [-0.15, -0.1) is 0 Å². The Labute approximate surface area is 87.1 Å². The summed E-state index contributed by atoms with van der Waals surface area (Å²) >= 11 is 5.38. The van der Waals surface area contributed by atoms with Crippen LogP contribution >= 0.6 is 11.6 Å². The van der Waals surface area contributed by atoms with Crippen molar-refractivity contribution in [3.05, 3.63) is 32.6 Å². The Bertz CT molecular complexity index is 458. The van der Waals surface area contributed by atoms with Crippen molar-refractivity contribution in [3.63, 3.8) is 0 Å². The molecular formula is C7H2ClF2N3O2. The summed E-state index contributed by atoms with van der Waals surface area (Å²) in [7, 11) is 0. The first-order valence-corrected chi connectivity index (χ1v) is 3.87. The molecule has 15 heavy (non-hydrogen) atoms. The van der Waals surface area contributed by atoms with Gasteiger partial charge in [0.15, 0.2) is 5.56 Å². The number of nitrogens with zero attached hydrogens (tertiary/aromatic N) is 3. The summed E-state index contributed by atoms with van der Waals surface area (Å²) in [4.78, 5) is 12.7. The van der Waals surface area contributed by atoms with Crippen molar-refractivity contribution in [1.29, 1.82) is 5.26 Å². The minimum atomic E-state index is -3.06. The number of nitriles is 1. The van der Waals surface area contributed by atoms with Crippen molar-refractivity contribution in [3.8, 4) is 6.07 Å². The van der Waals surface area contributed by atoms with Crippen molar-refractivity contribution >= 4 is 17.3 Å². The first kappa shape index (κ1) is 11.3. The fourth-order valence-corrected chi connectivity index (χ4v) is 1.16. The highest BCUT2D eigenvalue weighted by atomic mass is 35.5. The van der Waals surface area contributed by atoms with Gasteiger partial charge in [-0.05, 0) is 0 Å². The van der Waals surface area contributed by atoms with Gasteiger partial charge in [0, 0.05) is 0 Å². The van der Waals surface area contributed by atoms with Gasteiger partial charge in [-0.3, -0.25) is 15.1 Å². The lowest BCUT2D eigenvalue weighted by Gasteiger charge is -2.02. The van der Waals surface area contributed by atoms with Gasteiger partial charge in [-0.25, -0.2) is 8.78 Å². The number of pyridine rings is 1. The highest BCUT2D eigenvalue weighted by Crippen LogP contribution is 2.32. The summed E-state index contributed by atoms with van der Waals surface area (Å²) in [6, 6.07) is 1.30. The number of hydrogen-bond acceptors (Lipinski definition) is 4. The van der Waals surface area contributed by atoms with Crippen LogP contribution in [0.15, 0.2) is 6.20 Å². The monoisotopic (exact) mass is 233 g/mol. The van der Waals surface area contributed by atoms with Gasteiger partial charge in [0.25, 0.3) is 6.43 Å². The maximum absolute atomic E-state index is 12.3. The second-order valence-corrected chi connectivity index (χ2v) is 2.79. The van der Waals surface area contributed by atoms with E-state index in [0.717, 1.165) is 6.20 Å². The molecule has 0 unspecified atom stereocenters. The summed E-state index contributed by atoms with van der Waals surface area (Å²) < 4.78 is 24.6. The Hall–Kier alpha value is -1.81. The van der Waals surface area contributed by atoms with Gasteiger partial charge in [0.1, 0.15) is 16.8 Å². The maximum Gasteiger partial charge on any atom is 0.309 e. The Morgan fingerprint density at radius 1 is 1.67 bits per heavy atom. The van der Waals surface area contributed by atoms with E-state index < -0.39 is 33.3 Å². The molecule has 1 heterocycles. The molecule has 5 nitrogen and oxygen atoms in total. The third kappa shape index (κ3) is 1.99. The topological polar surface area (TPSA) is 79.8 Å². The molecule has 0 aliphatic heterocycles. The van der Waals surface area contributed by atoms with Crippen molar-refractivity contribution < 1.29 is 13.7 Å². The number of aromatic nitrogens is 1. The van der Waals surface area contributed by atoms with Gasteiger partial charge in [-0.2, -0.15) is 5.26 Å². The summed E-state index contributed by atoms with van der Waals surface area (Å²) in [5.41, 5.74) is -2.58. The van der Waals surface area contributed by atoms with Crippen LogP contribution in [-0.4, -0.2) is 9.91 Å². The first-order chi connectivity index (χ1) is 6.99. The lowest BCUT2D eigenvalue weighted by Crippen LogP contribution is -2.01. The third-order valence-electron chi connectivity index (χ3n) is 1.54. The van der Waals surface area contributed by atoms with Gasteiger partial charge in [0.2, 0.25) is 0 Å². The van der Waals surface area contributed by atoms with E-state index in [2.05, 4.69) is 4.98 Å². The molecule has 0 saturated heterocycles. The average Bonchev–Trinajstić information content (AvgIpc) is 2.15. The lowest BCUT2D eigenvalue weighted by atomic mass is 10.2. The second kappa shape index (κ2) is 4.14. The number of rotatable bonds is 2. The van der Waals surface area contributed by atoms with E-state index in [4.69, 9.17) is 16.9 Å². The van der Waals surface area contributed by atoms with Crippen LogP contribution in [0, 0.1) is 21.4 Å². The molecule has 0 saturated carbocycles. The predicted octanol–water partition coefficient (Wildman–Crippen LogP) is 2.45. The van der Waals surface area contributed by atoms with Crippen molar-refractivity contribution in [2.75, 3.05) is 0 Å². The molecule has 0 radical (unpaired) electrons. The lowest BCUT2D eigenvalue weighted by molar-refractivity contribution is -0.385. The van der Waals surface area contributed by atoms with Crippen molar-refractivity contribution in [2.45, 2.75) is 6.43 Å². The average molecular weight is 234 g/mol. The van der Waals surface area contributed by atoms with Gasteiger partial charge in [0.05, 0.1) is 11.1 Å². The molecule has 1 aromatic heterocycles. The highest BCUT2D eigenvalue weighted by Gasteiger charge is 2.27. The van der Waals surface area contributed by atoms with E-state index in [-0.39, 0.29) is 0 Å². The van der Waals surface area contributed by atoms with E-state index in [1.165, 1.54) is 6.07 Å². The number of halogens is 3. The van der Waals surface area contributed by atoms with E-state index in [1.807, 2.05) is 0 Å². The number of hydrogen-bond donors (Lipinski definition) is 0. The van der Waals surface area contributed by atoms with Crippen molar-refractivity contribution in [1.82, 2.24) is 4.98 Å². The fourth-order valence-electron chi connectivity index (χ4n) is 0.947. The quantitative estimate of drug-likeness (QED) is 0.580. The molecule has 0 fully saturated rings. The first-order valence-electron chi connectivity index (χ1n) is 3.50. The Morgan fingerprint density at radius 2 is 2.27 bits per heavy atom. The molecule has 0 aliphatic carbocycles. The molecule has 1 rings (SSSR count). The maximum atomic E-state index is 12.3. The number of nitro groups is 1. The van der Waals surface area contributed by atoms with Crippen LogP contribution in [0.3, 0.4) is 0 Å². The minimum Gasteiger partial charge on any atom is -0.258 e. The molecule has 0 amide bonds. The van der Waals surface area contributed by atoms with Gasteiger partial charge >= 0.3 is 5.69 Å². The van der Waals surface area contributed by atoms with Crippen LogP contribution in [0.5, 0.6) is 0 Å². The molecule has 1 aromatic rings. The van der Waals surface area contributed by atoms with E-state index >= 15 is 0 Å². The predicted molar refractivity (Wildman–Crippen MR) is 45.6 cm³/mol. The van der Waals surface area contributed by atoms with Gasteiger partial charge in [-0.1, -0.05) is 11.6 Å². The Morgan fingerprint density at radius 3 is 2.67 bits per heavy atom. The largest absolute Gasteiger partial charge is 0.309 e. The molecule has 8 heteroatoms. The Balaban J connectivity index is 3.56. The minimum absolute atomic E-state index is 0.444. The van der Waals surface area contributed by atoms with E-state index in [9.17, 15) is 18.9 Å². The van der Waals surface area contributed by atoms with Crippen LogP contribution in [0.2, 0.25) is 5.02 Å². The molecular weight excluding hydrogens is 232 g/mol. The molecule has 0 bridgehead atoms. The van der Waals surface area contributed by atoms with Crippen LogP contribution in [0.25, 0.3) is 0 Å². The molecule has 0 N–H and O–H groups in total. The smallest absolute Gasteiger partial charge is 0.258 e. The summed E-state index contributed by atoms with van der Waals surface area (Å²) in [5, 5.41) is 18.6. The standard InChI is InChI=1S/C7H2ClF2N3O2/c8-4-2-12-5(7(9)10)3(1-11)6(4)13(14)15/h2,7H. The van der Waals surface area contributed by atoms with Gasteiger partial charge < -0.3 is 0 Å². The summed E-state index contributed by atoms with van der Waals surface area (Å²) in [6.45, 7) is 0. The second-order valence-electron chi connectivity index (χ2n) is 2.38. The zero-order chi connectivity index (χ0) is 11.6. The van der Waals surface area contributed by atoms with E-state index in [0.29, 0.717) is 0 Å². The van der Waals surface area contributed by atoms with Crippen LogP contribution in [0.4, 0.5) is 14.5 Å². The fraction of sp³-hybridized carbons (Fsp3) is 0.143. The van der Waals surface area contributed by atoms with Crippen LogP contribution in [-0.2, 0) is 0 Å². The normalized spacial score (nSPS) is 10.1. The van der Waals surface area contributed by atoms with Crippen molar-refractivity contribution in [2.24, 2.45) is 0 Å². The SMILES string of the molecule is N#Cc1c(C(F)F)ncc(Cl)c1[N+](=O)[O-]. The summed E-state index contributed by atoms with van der Waals surface area (Å²) in [6.07, 6.45) is -2.34. The van der Waals surface area contributed by atoms with Crippen LogP contribution < -0.4 is 0 Å². The molecule has 0 spiro atoms. The third-order valence-corrected chi connectivity index (χ3v) is 1.81. The molecule has 0 aliphatic rings.